The van der Waals surface area contributed by atoms with E-state index in [1.807, 2.05) is 0 Å². The van der Waals surface area contributed by atoms with Gasteiger partial charge in [0.05, 0.1) is 11.4 Å². The highest BCUT2D eigenvalue weighted by Gasteiger charge is 2.19. The SMILES string of the molecule is C=CCNC(=O)Nc1cc(F)ccc1N1CCCN(C(C)=O)CC1. The second-order valence-corrected chi connectivity index (χ2v) is 5.63. The molecule has 1 aromatic rings. The molecule has 1 fully saturated rings. The molecule has 1 aliphatic heterocycles. The Kier molecular flexibility index (Phi) is 6.17. The Morgan fingerprint density at radius 1 is 1.29 bits per heavy atom. The van der Waals surface area contributed by atoms with Gasteiger partial charge in [0.15, 0.2) is 0 Å². The standard InChI is InChI=1S/C17H23FN4O2/c1-3-7-19-17(24)20-15-12-14(18)5-6-16(15)22-9-4-8-21(10-11-22)13(2)23/h3,5-6,12H,1,4,7-11H2,2H3,(H2,19,20,24). The number of urea groups is 1. The van der Waals surface area contributed by atoms with Gasteiger partial charge >= 0.3 is 6.03 Å². The van der Waals surface area contributed by atoms with Crippen LogP contribution < -0.4 is 15.5 Å². The van der Waals surface area contributed by atoms with E-state index in [0.717, 1.165) is 18.7 Å². The minimum Gasteiger partial charge on any atom is -0.368 e. The van der Waals surface area contributed by atoms with Crippen molar-refractivity contribution in [3.05, 3.63) is 36.7 Å². The Morgan fingerprint density at radius 2 is 2.08 bits per heavy atom. The first kappa shape index (κ1) is 17.8. The van der Waals surface area contributed by atoms with Crippen LogP contribution in [0.2, 0.25) is 0 Å². The van der Waals surface area contributed by atoms with Crippen LogP contribution in [0.4, 0.5) is 20.6 Å². The average Bonchev–Trinajstić information content (AvgIpc) is 2.79. The summed E-state index contributed by atoms with van der Waals surface area (Å²) >= 11 is 0. The number of hydrogen-bond acceptors (Lipinski definition) is 3. The summed E-state index contributed by atoms with van der Waals surface area (Å²) in [5.74, 6) is -0.365. The van der Waals surface area contributed by atoms with Crippen LogP contribution in [0.5, 0.6) is 0 Å². The van der Waals surface area contributed by atoms with Crippen molar-refractivity contribution in [1.29, 1.82) is 0 Å². The second kappa shape index (κ2) is 8.33. The van der Waals surface area contributed by atoms with Crippen LogP contribution in [0.25, 0.3) is 0 Å². The lowest BCUT2D eigenvalue weighted by Crippen LogP contribution is -2.34. The van der Waals surface area contributed by atoms with Gasteiger partial charge < -0.3 is 20.4 Å². The minimum atomic E-state index is -0.419. The Labute approximate surface area is 141 Å². The lowest BCUT2D eigenvalue weighted by molar-refractivity contribution is -0.128. The van der Waals surface area contributed by atoms with Crippen LogP contribution in [0.15, 0.2) is 30.9 Å². The normalized spacial score (nSPS) is 14.8. The molecule has 2 rings (SSSR count). The van der Waals surface area contributed by atoms with Crippen LogP contribution in [0, 0.1) is 5.82 Å². The highest BCUT2D eigenvalue weighted by Crippen LogP contribution is 2.28. The first-order chi connectivity index (χ1) is 11.5. The molecular formula is C17H23FN4O2. The summed E-state index contributed by atoms with van der Waals surface area (Å²) in [5, 5.41) is 5.28. The summed E-state index contributed by atoms with van der Waals surface area (Å²) in [6, 6.07) is 3.91. The third-order valence-electron chi connectivity index (χ3n) is 3.90. The maximum absolute atomic E-state index is 13.6. The van der Waals surface area contributed by atoms with Gasteiger partial charge in [0.2, 0.25) is 5.91 Å². The summed E-state index contributed by atoms with van der Waals surface area (Å²) in [6.45, 7) is 8.10. The molecule has 0 unspecified atom stereocenters. The Balaban J connectivity index is 2.15. The largest absolute Gasteiger partial charge is 0.368 e. The summed E-state index contributed by atoms with van der Waals surface area (Å²) in [7, 11) is 0. The maximum Gasteiger partial charge on any atom is 0.319 e. The van der Waals surface area contributed by atoms with Crippen molar-refractivity contribution in [3.8, 4) is 0 Å². The molecule has 1 heterocycles. The molecule has 0 radical (unpaired) electrons. The summed E-state index contributed by atoms with van der Waals surface area (Å²) in [6.07, 6.45) is 2.39. The third-order valence-corrected chi connectivity index (χ3v) is 3.90. The van der Waals surface area contributed by atoms with Crippen molar-refractivity contribution in [2.45, 2.75) is 13.3 Å². The van der Waals surface area contributed by atoms with E-state index in [1.54, 1.807) is 24.0 Å². The molecule has 1 saturated heterocycles. The number of anilines is 2. The highest BCUT2D eigenvalue weighted by molar-refractivity contribution is 5.93. The van der Waals surface area contributed by atoms with Crippen LogP contribution in [-0.4, -0.2) is 49.6 Å². The maximum atomic E-state index is 13.6. The molecule has 130 valence electrons. The third kappa shape index (κ3) is 4.71. The van der Waals surface area contributed by atoms with E-state index in [-0.39, 0.29) is 5.91 Å². The van der Waals surface area contributed by atoms with Gasteiger partial charge in [-0.25, -0.2) is 9.18 Å². The van der Waals surface area contributed by atoms with Crippen molar-refractivity contribution in [2.75, 3.05) is 42.9 Å². The average molecular weight is 334 g/mol. The molecule has 0 spiro atoms. The predicted molar refractivity (Wildman–Crippen MR) is 92.7 cm³/mol. The van der Waals surface area contributed by atoms with E-state index in [0.29, 0.717) is 31.9 Å². The molecular weight excluding hydrogens is 311 g/mol. The van der Waals surface area contributed by atoms with Crippen LogP contribution in [0.1, 0.15) is 13.3 Å². The number of carbonyl (C=O) groups excluding carboxylic acids is 2. The van der Waals surface area contributed by atoms with Crippen molar-refractivity contribution in [3.63, 3.8) is 0 Å². The number of nitrogens with zero attached hydrogens (tertiary/aromatic N) is 2. The van der Waals surface area contributed by atoms with Gasteiger partial charge in [0.1, 0.15) is 5.82 Å². The van der Waals surface area contributed by atoms with Gasteiger partial charge in [-0.3, -0.25) is 4.79 Å². The molecule has 0 aromatic heterocycles. The molecule has 3 amide bonds. The minimum absolute atomic E-state index is 0.0538. The number of benzene rings is 1. The molecule has 24 heavy (non-hydrogen) atoms. The molecule has 0 aliphatic carbocycles. The van der Waals surface area contributed by atoms with Gasteiger partial charge in [-0.05, 0) is 24.6 Å². The lowest BCUT2D eigenvalue weighted by Gasteiger charge is -2.26. The van der Waals surface area contributed by atoms with E-state index >= 15 is 0 Å². The zero-order chi connectivity index (χ0) is 17.5. The summed E-state index contributed by atoms with van der Waals surface area (Å²) < 4.78 is 13.6. The Morgan fingerprint density at radius 3 is 2.79 bits per heavy atom. The van der Waals surface area contributed by atoms with Crippen molar-refractivity contribution < 1.29 is 14.0 Å². The van der Waals surface area contributed by atoms with E-state index in [9.17, 15) is 14.0 Å². The van der Waals surface area contributed by atoms with Gasteiger partial charge in [0, 0.05) is 39.6 Å². The number of nitrogens with one attached hydrogen (secondary N) is 2. The first-order valence-electron chi connectivity index (χ1n) is 7.97. The lowest BCUT2D eigenvalue weighted by atomic mass is 10.2. The van der Waals surface area contributed by atoms with Gasteiger partial charge in [-0.2, -0.15) is 0 Å². The molecule has 0 saturated carbocycles. The molecule has 2 N–H and O–H groups in total. The van der Waals surface area contributed by atoms with Crippen LogP contribution in [0.3, 0.4) is 0 Å². The van der Waals surface area contributed by atoms with E-state index in [1.165, 1.54) is 12.1 Å². The zero-order valence-corrected chi connectivity index (χ0v) is 13.8. The van der Waals surface area contributed by atoms with E-state index < -0.39 is 11.8 Å². The van der Waals surface area contributed by atoms with Gasteiger partial charge in [0.25, 0.3) is 0 Å². The number of rotatable bonds is 4. The van der Waals surface area contributed by atoms with Crippen molar-refractivity contribution in [1.82, 2.24) is 10.2 Å². The monoisotopic (exact) mass is 334 g/mol. The van der Waals surface area contributed by atoms with E-state index in [2.05, 4.69) is 22.1 Å². The Bertz CT molecular complexity index is 621. The quantitative estimate of drug-likeness (QED) is 0.830. The van der Waals surface area contributed by atoms with Gasteiger partial charge in [-0.1, -0.05) is 6.08 Å². The second-order valence-electron chi connectivity index (χ2n) is 5.63. The Hall–Kier alpha value is -2.57. The number of hydrogen-bond donors (Lipinski definition) is 2. The molecule has 0 bridgehead atoms. The molecule has 1 aliphatic rings. The molecule has 0 atom stereocenters. The van der Waals surface area contributed by atoms with E-state index in [4.69, 9.17) is 0 Å². The fraction of sp³-hybridized carbons (Fsp3) is 0.412. The smallest absolute Gasteiger partial charge is 0.319 e. The molecule has 7 heteroatoms. The van der Waals surface area contributed by atoms with Crippen molar-refractivity contribution in [2.24, 2.45) is 0 Å². The first-order valence-corrected chi connectivity index (χ1v) is 7.97. The molecule has 6 nitrogen and oxygen atoms in total. The molecule has 1 aromatic carbocycles. The topological polar surface area (TPSA) is 64.7 Å². The van der Waals surface area contributed by atoms with Gasteiger partial charge in [-0.15, -0.1) is 6.58 Å². The highest BCUT2D eigenvalue weighted by atomic mass is 19.1. The van der Waals surface area contributed by atoms with Crippen LogP contribution in [-0.2, 0) is 4.79 Å². The van der Waals surface area contributed by atoms with Crippen molar-refractivity contribution >= 4 is 23.3 Å². The summed E-state index contributed by atoms with van der Waals surface area (Å²) in [4.78, 5) is 27.3. The van der Waals surface area contributed by atoms with Crippen LogP contribution >= 0.6 is 0 Å². The fourth-order valence-electron chi connectivity index (χ4n) is 2.69. The predicted octanol–water partition coefficient (Wildman–Crippen LogP) is 2.19. The zero-order valence-electron chi connectivity index (χ0n) is 13.8. The number of halogens is 1. The number of carbonyl (C=O) groups is 2. The number of amides is 3. The fourth-order valence-corrected chi connectivity index (χ4v) is 2.69. The summed E-state index contributed by atoms with van der Waals surface area (Å²) in [5.41, 5.74) is 1.16.